The fraction of sp³-hybridized carbons (Fsp3) is 0.673. The average molecular weight is 966 g/mol. The van der Waals surface area contributed by atoms with E-state index in [1.807, 2.05) is 0 Å². The number of hydrogen-bond donors (Lipinski definition) is 1. The van der Waals surface area contributed by atoms with E-state index < -0.39 is 61.3 Å². The van der Waals surface area contributed by atoms with Crippen LogP contribution in [0.3, 0.4) is 0 Å². The standard InChI is InChI=1S/C55H87NO11Si/c1-52(2,3)65-47(57)32-37-61-45-40-42(41-46(62-38-33-48(58)66-53(4,5)6)50(45)63-39-34-49(59)67-54(7,8)9)51(60)56-35-26-18-16-14-13-15-17-19-27-36-64-68(55(10,11)12,43-28-22-20-23-29-43)44-30-24-21-25-31-44/h20-25,28-31,40,45-46,50H,13-19,26-27,32-39,41H2,1-12H3,(H,56,60)/t45-,46-,50-/m1/s1. The van der Waals surface area contributed by atoms with Crippen LogP contribution in [0.5, 0.6) is 0 Å². The van der Waals surface area contributed by atoms with Crippen LogP contribution in [0.2, 0.25) is 5.04 Å². The first kappa shape index (κ1) is 58.4. The predicted octanol–water partition coefficient (Wildman–Crippen LogP) is 9.87. The van der Waals surface area contributed by atoms with Gasteiger partial charge >= 0.3 is 17.9 Å². The molecular formula is C55H87NO11Si. The van der Waals surface area contributed by atoms with E-state index >= 15 is 0 Å². The molecule has 0 aromatic heterocycles. The Hall–Kier alpha value is -3.88. The van der Waals surface area contributed by atoms with E-state index in [1.165, 1.54) is 29.6 Å². The molecule has 0 saturated heterocycles. The maximum absolute atomic E-state index is 13.7. The summed E-state index contributed by atoms with van der Waals surface area (Å²) in [5.74, 6) is -1.49. The van der Waals surface area contributed by atoms with Crippen LogP contribution in [-0.2, 0) is 52.0 Å². The molecule has 1 N–H and O–H groups in total. The maximum atomic E-state index is 13.7. The van der Waals surface area contributed by atoms with Gasteiger partial charge < -0.3 is 38.2 Å². The van der Waals surface area contributed by atoms with Gasteiger partial charge in [-0.1, -0.05) is 126 Å². The monoisotopic (exact) mass is 966 g/mol. The van der Waals surface area contributed by atoms with Crippen LogP contribution in [-0.4, -0.2) is 100 Å². The molecule has 1 aliphatic carbocycles. The molecule has 3 rings (SSSR count). The number of carbonyl (C=O) groups excluding carboxylic acids is 4. The fourth-order valence-corrected chi connectivity index (χ4v) is 13.0. The Morgan fingerprint density at radius 3 is 1.38 bits per heavy atom. The summed E-state index contributed by atoms with van der Waals surface area (Å²) in [6, 6.07) is 21.6. The van der Waals surface area contributed by atoms with Crippen molar-refractivity contribution in [3.63, 3.8) is 0 Å². The topological polar surface area (TPSA) is 145 Å². The summed E-state index contributed by atoms with van der Waals surface area (Å²) in [5, 5.41) is 5.69. The van der Waals surface area contributed by atoms with Crippen molar-refractivity contribution in [1.29, 1.82) is 0 Å². The molecule has 13 heteroatoms. The number of amides is 1. The third kappa shape index (κ3) is 21.8. The van der Waals surface area contributed by atoms with Crippen molar-refractivity contribution < 1.29 is 52.0 Å². The summed E-state index contributed by atoms with van der Waals surface area (Å²) in [6.45, 7) is 24.4. The summed E-state index contributed by atoms with van der Waals surface area (Å²) in [7, 11) is -2.50. The highest BCUT2D eigenvalue weighted by Gasteiger charge is 2.50. The van der Waals surface area contributed by atoms with Gasteiger partial charge in [0, 0.05) is 25.1 Å². The molecule has 0 heterocycles. The van der Waals surface area contributed by atoms with Crippen molar-refractivity contribution in [1.82, 2.24) is 5.32 Å². The molecular weight excluding hydrogens is 879 g/mol. The molecule has 1 amide bonds. The van der Waals surface area contributed by atoms with Crippen LogP contribution in [0.4, 0.5) is 0 Å². The molecule has 0 saturated carbocycles. The molecule has 3 atom stereocenters. The SMILES string of the molecule is CC(C)(C)OC(=O)CCO[C@@H]1[C@H](OCCC(=O)OC(C)(C)C)C=C(C(=O)NCCCCCCCCCCCO[Si](c2ccccc2)(c2ccccc2)C(C)(C)C)C[C@H]1OCCC(=O)OC(C)(C)C. The van der Waals surface area contributed by atoms with Gasteiger partial charge in [-0.3, -0.25) is 19.2 Å². The van der Waals surface area contributed by atoms with Crippen molar-refractivity contribution in [2.45, 2.75) is 207 Å². The van der Waals surface area contributed by atoms with Crippen LogP contribution in [0, 0.1) is 0 Å². The number of benzene rings is 2. The second kappa shape index (κ2) is 28.1. The zero-order valence-electron chi connectivity index (χ0n) is 43.8. The van der Waals surface area contributed by atoms with Gasteiger partial charge in [0.2, 0.25) is 5.91 Å². The largest absolute Gasteiger partial charge is 0.460 e. The number of hydrogen-bond acceptors (Lipinski definition) is 11. The maximum Gasteiger partial charge on any atom is 0.308 e. The number of rotatable bonds is 28. The van der Waals surface area contributed by atoms with Crippen LogP contribution >= 0.6 is 0 Å². The van der Waals surface area contributed by atoms with Gasteiger partial charge in [0.25, 0.3) is 8.32 Å². The minimum Gasteiger partial charge on any atom is -0.460 e. The molecule has 68 heavy (non-hydrogen) atoms. The molecule has 382 valence electrons. The summed E-state index contributed by atoms with van der Waals surface area (Å²) in [6.07, 6.45) is 9.45. The van der Waals surface area contributed by atoms with E-state index in [-0.39, 0.29) is 56.4 Å². The Morgan fingerprint density at radius 1 is 0.529 bits per heavy atom. The third-order valence-corrected chi connectivity index (χ3v) is 16.3. The minimum atomic E-state index is -2.50. The normalized spacial score (nSPS) is 17.0. The first-order valence-corrected chi connectivity index (χ1v) is 27.1. The summed E-state index contributed by atoms with van der Waals surface area (Å²) >= 11 is 0. The Bertz CT molecular complexity index is 1800. The van der Waals surface area contributed by atoms with Crippen LogP contribution in [0.15, 0.2) is 72.3 Å². The summed E-state index contributed by atoms with van der Waals surface area (Å²) in [4.78, 5) is 51.4. The Morgan fingerprint density at radius 2 is 0.941 bits per heavy atom. The van der Waals surface area contributed by atoms with E-state index in [9.17, 15) is 19.2 Å². The first-order chi connectivity index (χ1) is 31.9. The second-order valence-corrected chi connectivity index (χ2v) is 26.2. The van der Waals surface area contributed by atoms with Gasteiger partial charge in [0.15, 0.2) is 0 Å². The molecule has 0 aliphatic heterocycles. The van der Waals surface area contributed by atoms with Gasteiger partial charge in [-0.05, 0) is 96.6 Å². The van der Waals surface area contributed by atoms with Crippen molar-refractivity contribution >= 4 is 42.5 Å². The van der Waals surface area contributed by atoms with Gasteiger partial charge in [-0.25, -0.2) is 0 Å². The zero-order valence-corrected chi connectivity index (χ0v) is 44.8. The van der Waals surface area contributed by atoms with E-state index in [0.29, 0.717) is 12.1 Å². The van der Waals surface area contributed by atoms with Gasteiger partial charge in [0.1, 0.15) is 29.0 Å². The Balaban J connectivity index is 1.52. The first-order valence-electron chi connectivity index (χ1n) is 25.1. The van der Waals surface area contributed by atoms with Crippen LogP contribution in [0.25, 0.3) is 0 Å². The van der Waals surface area contributed by atoms with E-state index in [4.69, 9.17) is 32.8 Å². The van der Waals surface area contributed by atoms with E-state index in [1.54, 1.807) is 68.4 Å². The number of carbonyl (C=O) groups is 4. The Labute approximate surface area is 410 Å². The van der Waals surface area contributed by atoms with Gasteiger partial charge in [-0.15, -0.1) is 0 Å². The Kier molecular flexibility index (Phi) is 24.1. The number of unbranched alkanes of at least 4 members (excludes halogenated alkanes) is 8. The van der Waals surface area contributed by atoms with Crippen molar-refractivity contribution in [3.05, 3.63) is 72.3 Å². The average Bonchev–Trinajstić information content (AvgIpc) is 3.22. The predicted molar refractivity (Wildman–Crippen MR) is 271 cm³/mol. The highest BCUT2D eigenvalue weighted by Crippen LogP contribution is 2.37. The lowest BCUT2D eigenvalue weighted by atomic mass is 9.91. The molecule has 2 aromatic carbocycles. The third-order valence-electron chi connectivity index (χ3n) is 11.2. The van der Waals surface area contributed by atoms with Gasteiger partial charge in [0.05, 0.1) is 45.2 Å². The van der Waals surface area contributed by atoms with Crippen LogP contribution < -0.4 is 15.7 Å². The van der Waals surface area contributed by atoms with Crippen molar-refractivity contribution in [3.8, 4) is 0 Å². The van der Waals surface area contributed by atoms with E-state index in [2.05, 4.69) is 86.8 Å². The summed E-state index contributed by atoms with van der Waals surface area (Å²) in [5.41, 5.74) is -1.50. The molecule has 0 unspecified atom stereocenters. The molecule has 0 radical (unpaired) electrons. The lowest BCUT2D eigenvalue weighted by Gasteiger charge is -2.43. The quantitative estimate of drug-likeness (QED) is 0.0377. The fourth-order valence-electron chi connectivity index (χ4n) is 8.37. The molecule has 0 bridgehead atoms. The number of nitrogens with one attached hydrogen (secondary N) is 1. The number of ether oxygens (including phenoxy) is 6. The second-order valence-electron chi connectivity index (χ2n) is 21.9. The lowest BCUT2D eigenvalue weighted by Crippen LogP contribution is -2.66. The molecule has 0 fully saturated rings. The van der Waals surface area contributed by atoms with Crippen molar-refractivity contribution in [2.24, 2.45) is 0 Å². The molecule has 12 nitrogen and oxygen atoms in total. The van der Waals surface area contributed by atoms with Crippen molar-refractivity contribution in [2.75, 3.05) is 33.0 Å². The minimum absolute atomic E-state index is 0.00105. The lowest BCUT2D eigenvalue weighted by molar-refractivity contribution is -0.166. The number of esters is 3. The highest BCUT2D eigenvalue weighted by atomic mass is 28.4. The van der Waals surface area contributed by atoms with E-state index in [0.717, 1.165) is 45.1 Å². The summed E-state index contributed by atoms with van der Waals surface area (Å²) < 4.78 is 42.2. The van der Waals surface area contributed by atoms with Crippen LogP contribution in [0.1, 0.15) is 167 Å². The smallest absolute Gasteiger partial charge is 0.308 e. The van der Waals surface area contributed by atoms with Gasteiger partial charge in [-0.2, -0.15) is 0 Å². The molecule has 1 aliphatic rings. The molecule has 0 spiro atoms. The molecule has 2 aromatic rings. The highest BCUT2D eigenvalue weighted by molar-refractivity contribution is 6.99. The zero-order chi connectivity index (χ0) is 50.4.